The van der Waals surface area contributed by atoms with Crippen molar-refractivity contribution < 1.29 is 20.1 Å². The number of aromatic nitrogens is 2. The van der Waals surface area contributed by atoms with Crippen LogP contribution >= 0.6 is 12.4 Å². The van der Waals surface area contributed by atoms with Gasteiger partial charge in [0.05, 0.1) is 6.61 Å². The minimum absolute atomic E-state index is 0. The molecule has 2 rings (SSSR count). The summed E-state index contributed by atoms with van der Waals surface area (Å²) in [4.78, 5) is 15.2. The zero-order valence-electron chi connectivity index (χ0n) is 9.71. The van der Waals surface area contributed by atoms with Crippen molar-refractivity contribution in [3.63, 3.8) is 0 Å². The largest absolute Gasteiger partial charge is 0.394 e. The zero-order valence-corrected chi connectivity index (χ0v) is 10.5. The van der Waals surface area contributed by atoms with Gasteiger partial charge in [0.15, 0.2) is 6.23 Å². The molecule has 1 fully saturated rings. The first-order valence-corrected chi connectivity index (χ1v) is 5.26. The van der Waals surface area contributed by atoms with E-state index < -0.39 is 36.8 Å². The van der Waals surface area contributed by atoms with Gasteiger partial charge in [0.2, 0.25) is 0 Å². The van der Waals surface area contributed by atoms with Gasteiger partial charge >= 0.3 is 5.69 Å². The first kappa shape index (κ1) is 15.8. The average molecular weight is 295 g/mol. The van der Waals surface area contributed by atoms with Crippen LogP contribution in [-0.4, -0.2) is 49.8 Å². The van der Waals surface area contributed by atoms with Crippen molar-refractivity contribution >= 4 is 18.2 Å². The molecule has 0 bridgehead atoms. The molecular formula is C9H15ClN4O5. The molecule has 108 valence electrons. The van der Waals surface area contributed by atoms with E-state index in [0.29, 0.717) is 0 Å². The van der Waals surface area contributed by atoms with Gasteiger partial charge in [-0.15, -0.1) is 12.4 Å². The van der Waals surface area contributed by atoms with E-state index in [-0.39, 0.29) is 18.2 Å². The first-order chi connectivity index (χ1) is 8.58. The van der Waals surface area contributed by atoms with Crippen LogP contribution in [0.5, 0.6) is 0 Å². The van der Waals surface area contributed by atoms with Crippen molar-refractivity contribution in [2.24, 2.45) is 5.84 Å². The van der Waals surface area contributed by atoms with E-state index in [2.05, 4.69) is 10.4 Å². The van der Waals surface area contributed by atoms with Crippen LogP contribution in [0.2, 0.25) is 0 Å². The van der Waals surface area contributed by atoms with Crippen LogP contribution < -0.4 is 17.0 Å². The molecular weight excluding hydrogens is 280 g/mol. The fourth-order valence-electron chi connectivity index (χ4n) is 1.80. The minimum atomic E-state index is -1.32. The van der Waals surface area contributed by atoms with Crippen molar-refractivity contribution in [3.05, 3.63) is 22.7 Å². The lowest BCUT2D eigenvalue weighted by Gasteiger charge is -2.17. The highest BCUT2D eigenvalue weighted by atomic mass is 35.5. The Balaban J connectivity index is 0.00000180. The van der Waals surface area contributed by atoms with E-state index in [4.69, 9.17) is 15.7 Å². The third-order valence-electron chi connectivity index (χ3n) is 2.77. The van der Waals surface area contributed by atoms with E-state index in [1.165, 1.54) is 12.3 Å². The Hall–Kier alpha value is -1.23. The lowest BCUT2D eigenvalue weighted by Crippen LogP contribution is -2.36. The van der Waals surface area contributed by atoms with E-state index in [1.807, 2.05) is 0 Å². The van der Waals surface area contributed by atoms with Gasteiger partial charge in [-0.1, -0.05) is 0 Å². The van der Waals surface area contributed by atoms with Crippen LogP contribution in [0, 0.1) is 0 Å². The molecule has 1 aromatic heterocycles. The molecule has 2 heterocycles. The fraction of sp³-hybridized carbons (Fsp3) is 0.556. The molecule has 1 aliphatic heterocycles. The SMILES string of the molecule is Cl.NNc1ccn([C@@H]2O[C@H](CO)[C@@H](O)[C@H]2O)c(=O)n1. The summed E-state index contributed by atoms with van der Waals surface area (Å²) in [5, 5.41) is 28.3. The Bertz CT molecular complexity index is 484. The Morgan fingerprint density at radius 2 is 2.16 bits per heavy atom. The van der Waals surface area contributed by atoms with Gasteiger partial charge in [-0.3, -0.25) is 4.57 Å². The van der Waals surface area contributed by atoms with E-state index in [1.54, 1.807) is 0 Å². The molecule has 6 N–H and O–H groups in total. The van der Waals surface area contributed by atoms with Crippen LogP contribution in [0.15, 0.2) is 17.1 Å². The molecule has 0 amide bonds. The molecule has 1 saturated heterocycles. The summed E-state index contributed by atoms with van der Waals surface area (Å²) in [6.45, 7) is -0.459. The molecule has 1 aliphatic rings. The summed E-state index contributed by atoms with van der Waals surface area (Å²) in [7, 11) is 0. The Morgan fingerprint density at radius 3 is 2.63 bits per heavy atom. The van der Waals surface area contributed by atoms with Gasteiger partial charge in [-0.05, 0) is 6.07 Å². The number of hydrazine groups is 1. The van der Waals surface area contributed by atoms with Gasteiger partial charge in [-0.2, -0.15) is 4.98 Å². The number of hydrogen-bond acceptors (Lipinski definition) is 8. The number of aliphatic hydroxyl groups is 3. The molecule has 9 nitrogen and oxygen atoms in total. The van der Waals surface area contributed by atoms with Gasteiger partial charge < -0.3 is 25.5 Å². The topological polar surface area (TPSA) is 143 Å². The Labute approximate surface area is 114 Å². The number of nitrogen functional groups attached to an aromatic ring is 1. The molecule has 19 heavy (non-hydrogen) atoms. The lowest BCUT2D eigenvalue weighted by atomic mass is 10.1. The number of halogens is 1. The summed E-state index contributed by atoms with van der Waals surface area (Å²) in [5.41, 5.74) is 1.51. The second-order valence-electron chi connectivity index (χ2n) is 3.88. The molecule has 0 aliphatic carbocycles. The number of nitrogens with zero attached hydrogens (tertiary/aromatic N) is 2. The highest BCUT2D eigenvalue weighted by Crippen LogP contribution is 2.27. The summed E-state index contributed by atoms with van der Waals surface area (Å²) < 4.78 is 6.22. The normalized spacial score (nSPS) is 29.9. The lowest BCUT2D eigenvalue weighted by molar-refractivity contribution is -0.0549. The van der Waals surface area contributed by atoms with Crippen molar-refractivity contribution in [1.29, 1.82) is 0 Å². The summed E-state index contributed by atoms with van der Waals surface area (Å²) in [6, 6.07) is 1.41. The highest BCUT2D eigenvalue weighted by molar-refractivity contribution is 5.85. The average Bonchev–Trinajstić information content (AvgIpc) is 2.66. The third kappa shape index (κ3) is 2.86. The highest BCUT2D eigenvalue weighted by Gasteiger charge is 2.43. The Kier molecular flexibility index (Phi) is 5.23. The molecule has 0 unspecified atom stereocenters. The number of aliphatic hydroxyl groups excluding tert-OH is 3. The maximum absolute atomic E-state index is 11.7. The second kappa shape index (κ2) is 6.28. The summed E-state index contributed by atoms with van der Waals surface area (Å²) >= 11 is 0. The number of hydrogen-bond donors (Lipinski definition) is 5. The smallest absolute Gasteiger partial charge is 0.351 e. The number of ether oxygens (including phenoxy) is 1. The molecule has 0 saturated carbocycles. The number of nitrogens with one attached hydrogen (secondary N) is 1. The maximum atomic E-state index is 11.7. The van der Waals surface area contributed by atoms with Crippen LogP contribution in [0.3, 0.4) is 0 Å². The monoisotopic (exact) mass is 294 g/mol. The number of nitrogens with two attached hydrogens (primary N) is 1. The second-order valence-corrected chi connectivity index (χ2v) is 3.88. The van der Waals surface area contributed by atoms with Crippen LogP contribution in [0.4, 0.5) is 5.82 Å². The molecule has 4 atom stereocenters. The molecule has 0 radical (unpaired) electrons. The Morgan fingerprint density at radius 1 is 1.47 bits per heavy atom. The standard InChI is InChI=1S/C9H14N4O5.ClH/c10-12-5-1-2-13(9(17)11-5)8-7(16)6(15)4(3-14)18-8;/h1-2,4,6-8,14-16H,3,10H2,(H,11,12,17);1H/t4-,6-,7-,8-;/m1./s1. The van der Waals surface area contributed by atoms with Gasteiger partial charge in [0.25, 0.3) is 0 Å². The summed E-state index contributed by atoms with van der Waals surface area (Å²) in [5.74, 6) is 5.27. The number of rotatable bonds is 3. The fourth-order valence-corrected chi connectivity index (χ4v) is 1.80. The predicted molar refractivity (Wildman–Crippen MR) is 66.6 cm³/mol. The van der Waals surface area contributed by atoms with Crippen molar-refractivity contribution in [2.45, 2.75) is 24.5 Å². The van der Waals surface area contributed by atoms with E-state index in [0.717, 1.165) is 4.57 Å². The predicted octanol–water partition coefficient (Wildman–Crippen LogP) is -2.44. The maximum Gasteiger partial charge on any atom is 0.351 e. The van der Waals surface area contributed by atoms with E-state index in [9.17, 15) is 15.0 Å². The van der Waals surface area contributed by atoms with Crippen molar-refractivity contribution in [3.8, 4) is 0 Å². The quantitative estimate of drug-likeness (QED) is 0.306. The van der Waals surface area contributed by atoms with Crippen LogP contribution in [-0.2, 0) is 4.74 Å². The van der Waals surface area contributed by atoms with Crippen LogP contribution in [0.25, 0.3) is 0 Å². The van der Waals surface area contributed by atoms with Crippen molar-refractivity contribution in [2.75, 3.05) is 12.0 Å². The molecule has 1 aromatic rings. The molecule has 0 spiro atoms. The third-order valence-corrected chi connectivity index (χ3v) is 2.77. The number of anilines is 1. The summed E-state index contributed by atoms with van der Waals surface area (Å²) in [6.07, 6.45) is -3.30. The minimum Gasteiger partial charge on any atom is -0.394 e. The van der Waals surface area contributed by atoms with Crippen LogP contribution in [0.1, 0.15) is 6.23 Å². The van der Waals surface area contributed by atoms with Gasteiger partial charge in [-0.25, -0.2) is 10.6 Å². The van der Waals surface area contributed by atoms with Crippen molar-refractivity contribution in [1.82, 2.24) is 9.55 Å². The molecule has 0 aromatic carbocycles. The zero-order chi connectivity index (χ0) is 13.3. The molecule has 10 heteroatoms. The van der Waals surface area contributed by atoms with E-state index >= 15 is 0 Å². The van der Waals surface area contributed by atoms with Gasteiger partial charge in [0, 0.05) is 6.20 Å². The van der Waals surface area contributed by atoms with Gasteiger partial charge in [0.1, 0.15) is 24.1 Å². The first-order valence-electron chi connectivity index (χ1n) is 5.26.